The van der Waals surface area contributed by atoms with Gasteiger partial charge in [-0.3, -0.25) is 0 Å². The summed E-state index contributed by atoms with van der Waals surface area (Å²) in [7, 11) is -1.39. The largest absolute Gasteiger partial charge is 0.384 e. The van der Waals surface area contributed by atoms with Crippen molar-refractivity contribution >= 4 is 10.8 Å². The number of aliphatic hydroxyl groups is 1. The van der Waals surface area contributed by atoms with Crippen LogP contribution in [-0.2, 0) is 10.8 Å². The summed E-state index contributed by atoms with van der Waals surface area (Å²) >= 11 is 0. The molecule has 2 atom stereocenters. The average molecular weight is 248 g/mol. The van der Waals surface area contributed by atoms with Gasteiger partial charge in [-0.05, 0) is 25.1 Å². The molecule has 0 unspecified atom stereocenters. The van der Waals surface area contributed by atoms with Gasteiger partial charge in [-0.1, -0.05) is 36.4 Å². The van der Waals surface area contributed by atoms with E-state index in [4.69, 9.17) is 0 Å². The molecule has 0 bridgehead atoms. The van der Waals surface area contributed by atoms with Crippen LogP contribution in [0.3, 0.4) is 0 Å². The van der Waals surface area contributed by atoms with Gasteiger partial charge in [0.2, 0.25) is 0 Å². The molecule has 1 N–H and O–H groups in total. The molecule has 90 valence electrons. The molecule has 0 spiro atoms. The van der Waals surface area contributed by atoms with Crippen LogP contribution in [-0.4, -0.2) is 15.4 Å². The molecular formula is C14H16O2S. The maximum Gasteiger partial charge on any atom is 0.106 e. The molecule has 17 heavy (non-hydrogen) atoms. The Morgan fingerprint density at radius 1 is 1.35 bits per heavy atom. The van der Waals surface area contributed by atoms with E-state index in [2.05, 4.69) is 13.2 Å². The van der Waals surface area contributed by atoms with Crippen molar-refractivity contribution in [1.29, 1.82) is 0 Å². The van der Waals surface area contributed by atoms with E-state index in [9.17, 15) is 9.32 Å². The second kappa shape index (κ2) is 6.33. The van der Waals surface area contributed by atoms with Crippen molar-refractivity contribution in [2.45, 2.75) is 17.9 Å². The van der Waals surface area contributed by atoms with Crippen LogP contribution in [0.1, 0.15) is 5.56 Å². The fraction of sp³-hybridized carbons (Fsp3) is 0.143. The van der Waals surface area contributed by atoms with Crippen LogP contribution >= 0.6 is 0 Å². The molecule has 0 saturated carbocycles. The lowest BCUT2D eigenvalue weighted by molar-refractivity contribution is 0.267. The molecule has 3 heteroatoms. The average Bonchev–Trinajstić information content (AvgIpc) is 2.35. The molecular weight excluding hydrogens is 232 g/mol. The summed E-state index contributed by atoms with van der Waals surface area (Å²) < 4.78 is 12.2. The first-order chi connectivity index (χ1) is 8.10. The summed E-state index contributed by atoms with van der Waals surface area (Å²) in [5.74, 6) is 0. The van der Waals surface area contributed by atoms with E-state index < -0.39 is 16.9 Å². The summed E-state index contributed by atoms with van der Waals surface area (Å²) in [6.45, 7) is 9.01. The van der Waals surface area contributed by atoms with E-state index in [-0.39, 0.29) is 0 Å². The Morgan fingerprint density at radius 2 is 1.94 bits per heavy atom. The van der Waals surface area contributed by atoms with Gasteiger partial charge in [0.05, 0.1) is 15.7 Å². The monoisotopic (exact) mass is 248 g/mol. The van der Waals surface area contributed by atoms with Gasteiger partial charge in [0.25, 0.3) is 0 Å². The van der Waals surface area contributed by atoms with Crippen molar-refractivity contribution in [2.75, 3.05) is 0 Å². The zero-order valence-corrected chi connectivity index (χ0v) is 10.6. The number of allylic oxidation sites excluding steroid dienone is 2. The van der Waals surface area contributed by atoms with Crippen LogP contribution in [0.15, 0.2) is 65.5 Å². The highest BCUT2D eigenvalue weighted by Gasteiger charge is 2.15. The summed E-state index contributed by atoms with van der Waals surface area (Å²) in [5, 5.41) is 9.71. The third kappa shape index (κ3) is 3.51. The van der Waals surface area contributed by atoms with Crippen LogP contribution in [0.2, 0.25) is 0 Å². The van der Waals surface area contributed by atoms with E-state index in [0.29, 0.717) is 9.80 Å². The minimum atomic E-state index is -1.39. The van der Waals surface area contributed by atoms with Crippen LogP contribution in [0.25, 0.3) is 0 Å². The van der Waals surface area contributed by atoms with Crippen molar-refractivity contribution in [2.24, 2.45) is 0 Å². The lowest BCUT2D eigenvalue weighted by atomic mass is 10.2. The maximum absolute atomic E-state index is 12.2. The number of hydrogen-bond donors (Lipinski definition) is 1. The minimum absolute atomic E-state index is 0.388. The molecule has 0 fully saturated rings. The molecule has 0 heterocycles. The number of aliphatic hydroxyl groups excluding tert-OH is 1. The zero-order chi connectivity index (χ0) is 12.8. The Morgan fingerprint density at radius 3 is 2.41 bits per heavy atom. The standard InChI is InChI=1S/C14H16O2S/c1-4-6-14(13(15)5-2)17(16)12-9-7-11(3)8-10-12/h4-10,13,15H,1-2H2,3H3/b14-6+/t13-,17-/m0/s1. The highest BCUT2D eigenvalue weighted by Crippen LogP contribution is 2.18. The summed E-state index contributed by atoms with van der Waals surface area (Å²) in [6, 6.07) is 7.36. The second-order valence-electron chi connectivity index (χ2n) is 3.57. The first kappa shape index (κ1) is 13.6. The van der Waals surface area contributed by atoms with Crippen molar-refractivity contribution < 1.29 is 9.32 Å². The number of aryl methyl sites for hydroxylation is 1. The Balaban J connectivity index is 3.08. The van der Waals surface area contributed by atoms with E-state index in [1.165, 1.54) is 12.2 Å². The van der Waals surface area contributed by atoms with Gasteiger partial charge >= 0.3 is 0 Å². The first-order valence-corrected chi connectivity index (χ1v) is 6.36. The van der Waals surface area contributed by atoms with Gasteiger partial charge in [0.15, 0.2) is 0 Å². The number of benzene rings is 1. The third-order valence-electron chi connectivity index (χ3n) is 2.25. The lowest BCUT2D eigenvalue weighted by Crippen LogP contribution is -2.11. The number of rotatable bonds is 5. The van der Waals surface area contributed by atoms with Crippen molar-refractivity contribution in [3.63, 3.8) is 0 Å². The van der Waals surface area contributed by atoms with Gasteiger partial charge in [-0.25, -0.2) is 4.21 Å². The van der Waals surface area contributed by atoms with E-state index in [0.717, 1.165) is 5.56 Å². The highest BCUT2D eigenvalue weighted by atomic mass is 32.2. The van der Waals surface area contributed by atoms with Gasteiger partial charge in [0, 0.05) is 4.90 Å². The normalized spacial score (nSPS) is 15.1. The van der Waals surface area contributed by atoms with E-state index >= 15 is 0 Å². The summed E-state index contributed by atoms with van der Waals surface area (Å²) in [6.07, 6.45) is 3.49. The number of hydrogen-bond acceptors (Lipinski definition) is 2. The minimum Gasteiger partial charge on any atom is -0.384 e. The smallest absolute Gasteiger partial charge is 0.106 e. The summed E-state index contributed by atoms with van der Waals surface area (Å²) in [5.41, 5.74) is 1.10. The van der Waals surface area contributed by atoms with Gasteiger partial charge in [-0.15, -0.1) is 6.58 Å². The molecule has 0 aromatic heterocycles. The SMILES string of the molecule is C=C/C=C(\[C@@H](O)C=C)[S@@](=O)c1ccc(C)cc1. The zero-order valence-electron chi connectivity index (χ0n) is 9.80. The maximum atomic E-state index is 12.2. The Hall–Kier alpha value is -1.45. The molecule has 2 nitrogen and oxygen atoms in total. The molecule has 0 aliphatic rings. The van der Waals surface area contributed by atoms with Crippen LogP contribution in [0.5, 0.6) is 0 Å². The molecule has 0 saturated heterocycles. The second-order valence-corrected chi connectivity index (χ2v) is 5.05. The van der Waals surface area contributed by atoms with Gasteiger partial charge in [-0.2, -0.15) is 0 Å². The van der Waals surface area contributed by atoms with Crippen molar-refractivity contribution in [1.82, 2.24) is 0 Å². The quantitative estimate of drug-likeness (QED) is 0.642. The molecule has 1 aromatic carbocycles. The predicted molar refractivity (Wildman–Crippen MR) is 72.1 cm³/mol. The van der Waals surface area contributed by atoms with Crippen LogP contribution in [0, 0.1) is 6.92 Å². The predicted octanol–water partition coefficient (Wildman–Crippen LogP) is 2.72. The van der Waals surface area contributed by atoms with Gasteiger partial charge in [0.1, 0.15) is 6.10 Å². The molecule has 0 aliphatic heterocycles. The van der Waals surface area contributed by atoms with Gasteiger partial charge < -0.3 is 5.11 Å². The van der Waals surface area contributed by atoms with Crippen LogP contribution in [0.4, 0.5) is 0 Å². The molecule has 1 aromatic rings. The van der Waals surface area contributed by atoms with Crippen molar-refractivity contribution in [3.8, 4) is 0 Å². The Bertz CT molecular complexity index is 458. The fourth-order valence-corrected chi connectivity index (χ4v) is 2.49. The highest BCUT2D eigenvalue weighted by molar-refractivity contribution is 7.89. The fourth-order valence-electron chi connectivity index (χ4n) is 1.30. The van der Waals surface area contributed by atoms with Crippen LogP contribution < -0.4 is 0 Å². The van der Waals surface area contributed by atoms with E-state index in [1.54, 1.807) is 18.2 Å². The molecule has 0 amide bonds. The Kier molecular flexibility index (Phi) is 5.07. The Labute approximate surface area is 104 Å². The molecule has 1 rings (SSSR count). The van der Waals surface area contributed by atoms with E-state index in [1.807, 2.05) is 19.1 Å². The summed E-state index contributed by atoms with van der Waals surface area (Å²) in [4.78, 5) is 1.04. The topological polar surface area (TPSA) is 37.3 Å². The van der Waals surface area contributed by atoms with Crippen molar-refractivity contribution in [3.05, 3.63) is 66.1 Å². The lowest BCUT2D eigenvalue weighted by Gasteiger charge is -2.10. The molecule has 0 aliphatic carbocycles. The first-order valence-electron chi connectivity index (χ1n) is 5.21. The third-order valence-corrected chi connectivity index (χ3v) is 3.75. The molecule has 0 radical (unpaired) electrons.